The fraction of sp³-hybridized carbons (Fsp3) is 0.462. The van der Waals surface area contributed by atoms with Crippen molar-refractivity contribution in [1.82, 2.24) is 4.90 Å². The number of likely N-dealkylation sites (N-methyl/N-ethyl adjacent to an activating group) is 1. The van der Waals surface area contributed by atoms with E-state index in [9.17, 15) is 9.18 Å². The Labute approximate surface area is 101 Å². The van der Waals surface area contributed by atoms with Crippen molar-refractivity contribution in [3.05, 3.63) is 35.1 Å². The molecule has 0 amide bonds. The SMILES string of the molecule is CCOC(=O)CN(C)Cc1ccc(F)c(C)c1. The summed E-state index contributed by atoms with van der Waals surface area (Å²) in [7, 11) is 1.83. The summed E-state index contributed by atoms with van der Waals surface area (Å²) in [5.41, 5.74) is 1.60. The highest BCUT2D eigenvalue weighted by molar-refractivity contribution is 5.71. The highest BCUT2D eigenvalue weighted by Crippen LogP contribution is 2.10. The lowest BCUT2D eigenvalue weighted by Crippen LogP contribution is -2.27. The van der Waals surface area contributed by atoms with Crippen LogP contribution in [0, 0.1) is 12.7 Å². The van der Waals surface area contributed by atoms with Gasteiger partial charge in [-0.3, -0.25) is 9.69 Å². The highest BCUT2D eigenvalue weighted by Gasteiger charge is 2.08. The van der Waals surface area contributed by atoms with Gasteiger partial charge in [0.1, 0.15) is 5.82 Å². The molecule has 0 aliphatic rings. The Balaban J connectivity index is 2.53. The Kier molecular flexibility index (Phi) is 5.10. The molecule has 17 heavy (non-hydrogen) atoms. The van der Waals surface area contributed by atoms with Crippen LogP contribution < -0.4 is 0 Å². The van der Waals surface area contributed by atoms with E-state index in [1.54, 1.807) is 26.0 Å². The van der Waals surface area contributed by atoms with Crippen molar-refractivity contribution in [2.24, 2.45) is 0 Å². The Morgan fingerprint density at radius 1 is 1.47 bits per heavy atom. The number of nitrogens with zero attached hydrogens (tertiary/aromatic N) is 1. The number of carbonyl (C=O) groups excluding carboxylic acids is 1. The van der Waals surface area contributed by atoms with Crippen LogP contribution in [0.2, 0.25) is 0 Å². The van der Waals surface area contributed by atoms with E-state index in [1.807, 2.05) is 11.9 Å². The lowest BCUT2D eigenvalue weighted by atomic mass is 10.1. The number of carbonyl (C=O) groups is 1. The average Bonchev–Trinajstić information content (AvgIpc) is 2.23. The molecular formula is C13H18FNO2. The monoisotopic (exact) mass is 239 g/mol. The van der Waals surface area contributed by atoms with Gasteiger partial charge < -0.3 is 4.74 Å². The molecule has 3 nitrogen and oxygen atoms in total. The predicted molar refractivity (Wildman–Crippen MR) is 64.1 cm³/mol. The molecule has 0 fully saturated rings. The van der Waals surface area contributed by atoms with Gasteiger partial charge in [-0.15, -0.1) is 0 Å². The number of benzene rings is 1. The first-order valence-corrected chi connectivity index (χ1v) is 5.62. The lowest BCUT2D eigenvalue weighted by Gasteiger charge is -2.15. The summed E-state index contributed by atoms with van der Waals surface area (Å²) in [6, 6.07) is 4.96. The maximum absolute atomic E-state index is 13.1. The molecule has 4 heteroatoms. The minimum Gasteiger partial charge on any atom is -0.465 e. The minimum absolute atomic E-state index is 0.207. The average molecular weight is 239 g/mol. The summed E-state index contributed by atoms with van der Waals surface area (Å²) in [6.07, 6.45) is 0. The van der Waals surface area contributed by atoms with Gasteiger partial charge in [0, 0.05) is 6.54 Å². The van der Waals surface area contributed by atoms with Crippen molar-refractivity contribution in [2.75, 3.05) is 20.2 Å². The molecule has 0 aliphatic heterocycles. The van der Waals surface area contributed by atoms with Crippen LogP contribution >= 0.6 is 0 Å². The molecule has 0 unspecified atom stereocenters. The molecule has 0 saturated heterocycles. The van der Waals surface area contributed by atoms with Crippen LogP contribution in [0.4, 0.5) is 4.39 Å². The summed E-state index contributed by atoms with van der Waals surface area (Å²) >= 11 is 0. The topological polar surface area (TPSA) is 29.5 Å². The van der Waals surface area contributed by atoms with E-state index in [4.69, 9.17) is 4.74 Å². The third-order valence-electron chi connectivity index (χ3n) is 2.38. The van der Waals surface area contributed by atoms with E-state index in [2.05, 4.69) is 0 Å². The fourth-order valence-electron chi connectivity index (χ4n) is 1.60. The van der Waals surface area contributed by atoms with E-state index in [0.29, 0.717) is 18.7 Å². The quantitative estimate of drug-likeness (QED) is 0.737. The molecule has 0 saturated carbocycles. The molecule has 1 rings (SSSR count). The molecule has 94 valence electrons. The van der Waals surface area contributed by atoms with E-state index in [-0.39, 0.29) is 18.3 Å². The zero-order valence-electron chi connectivity index (χ0n) is 10.5. The Hall–Kier alpha value is -1.42. The first-order valence-electron chi connectivity index (χ1n) is 5.62. The second kappa shape index (κ2) is 6.35. The summed E-state index contributed by atoms with van der Waals surface area (Å²) in [4.78, 5) is 13.1. The van der Waals surface area contributed by atoms with E-state index >= 15 is 0 Å². The van der Waals surface area contributed by atoms with Crippen LogP contribution in [0.3, 0.4) is 0 Å². The van der Waals surface area contributed by atoms with Gasteiger partial charge >= 0.3 is 5.97 Å². The molecule has 1 aromatic carbocycles. The van der Waals surface area contributed by atoms with E-state index in [1.165, 1.54) is 6.07 Å². The zero-order valence-corrected chi connectivity index (χ0v) is 10.5. The molecule has 1 aromatic rings. The highest BCUT2D eigenvalue weighted by atomic mass is 19.1. The van der Waals surface area contributed by atoms with Crippen molar-refractivity contribution >= 4 is 5.97 Å². The second-order valence-electron chi connectivity index (χ2n) is 4.06. The van der Waals surface area contributed by atoms with E-state index in [0.717, 1.165) is 5.56 Å². The van der Waals surface area contributed by atoms with Crippen LogP contribution in [0.5, 0.6) is 0 Å². The molecule has 0 spiro atoms. The summed E-state index contributed by atoms with van der Waals surface area (Å²) in [5, 5.41) is 0. The van der Waals surface area contributed by atoms with Crippen LogP contribution in [0.15, 0.2) is 18.2 Å². The van der Waals surface area contributed by atoms with Gasteiger partial charge in [0.15, 0.2) is 0 Å². The minimum atomic E-state index is -0.242. The normalized spacial score (nSPS) is 10.6. The van der Waals surface area contributed by atoms with Gasteiger partial charge in [-0.1, -0.05) is 12.1 Å². The number of aryl methyl sites for hydroxylation is 1. The number of halogens is 1. The van der Waals surface area contributed by atoms with Gasteiger partial charge in [0.05, 0.1) is 13.2 Å². The van der Waals surface area contributed by atoms with Crippen molar-refractivity contribution < 1.29 is 13.9 Å². The largest absolute Gasteiger partial charge is 0.465 e. The summed E-state index contributed by atoms with van der Waals surface area (Å²) in [6.45, 7) is 4.73. The fourth-order valence-corrected chi connectivity index (χ4v) is 1.60. The first-order chi connectivity index (χ1) is 8.02. The number of hydrogen-bond donors (Lipinski definition) is 0. The van der Waals surface area contributed by atoms with Crippen molar-refractivity contribution in [3.8, 4) is 0 Å². The van der Waals surface area contributed by atoms with Crippen LogP contribution in [-0.2, 0) is 16.1 Å². The third kappa shape index (κ3) is 4.53. The van der Waals surface area contributed by atoms with Crippen molar-refractivity contribution in [1.29, 1.82) is 0 Å². The maximum Gasteiger partial charge on any atom is 0.320 e. The Morgan fingerprint density at radius 3 is 2.76 bits per heavy atom. The van der Waals surface area contributed by atoms with Crippen molar-refractivity contribution in [2.45, 2.75) is 20.4 Å². The van der Waals surface area contributed by atoms with Gasteiger partial charge in [-0.05, 0) is 38.1 Å². The summed E-state index contributed by atoms with van der Waals surface area (Å²) in [5.74, 6) is -0.448. The zero-order chi connectivity index (χ0) is 12.8. The van der Waals surface area contributed by atoms with Gasteiger partial charge in [0.2, 0.25) is 0 Å². The van der Waals surface area contributed by atoms with Crippen LogP contribution in [-0.4, -0.2) is 31.1 Å². The van der Waals surface area contributed by atoms with Crippen LogP contribution in [0.25, 0.3) is 0 Å². The number of ether oxygens (including phenoxy) is 1. The smallest absolute Gasteiger partial charge is 0.320 e. The molecule has 0 heterocycles. The lowest BCUT2D eigenvalue weighted by molar-refractivity contribution is -0.144. The second-order valence-corrected chi connectivity index (χ2v) is 4.06. The predicted octanol–water partition coefficient (Wildman–Crippen LogP) is 2.13. The molecule has 0 N–H and O–H groups in total. The number of rotatable bonds is 5. The molecule has 0 aromatic heterocycles. The molecule has 0 bridgehead atoms. The van der Waals surface area contributed by atoms with Crippen LogP contribution in [0.1, 0.15) is 18.1 Å². The van der Waals surface area contributed by atoms with E-state index < -0.39 is 0 Å². The number of esters is 1. The Bertz CT molecular complexity index is 393. The molecule has 0 aliphatic carbocycles. The van der Waals surface area contributed by atoms with Gasteiger partial charge in [-0.25, -0.2) is 4.39 Å². The molecular weight excluding hydrogens is 221 g/mol. The van der Waals surface area contributed by atoms with Gasteiger partial charge in [0.25, 0.3) is 0 Å². The molecule has 0 atom stereocenters. The molecule has 0 radical (unpaired) electrons. The standard InChI is InChI=1S/C13H18FNO2/c1-4-17-13(16)9-15(3)8-11-5-6-12(14)10(2)7-11/h5-7H,4,8-9H2,1-3H3. The van der Waals surface area contributed by atoms with Crippen molar-refractivity contribution in [3.63, 3.8) is 0 Å². The third-order valence-corrected chi connectivity index (χ3v) is 2.38. The summed E-state index contributed by atoms with van der Waals surface area (Å²) < 4.78 is 17.9. The van der Waals surface area contributed by atoms with Gasteiger partial charge in [-0.2, -0.15) is 0 Å². The first kappa shape index (κ1) is 13.6. The number of hydrogen-bond acceptors (Lipinski definition) is 3. The Morgan fingerprint density at radius 2 is 2.18 bits per heavy atom. The maximum atomic E-state index is 13.1.